The van der Waals surface area contributed by atoms with E-state index >= 15 is 4.39 Å². The Balaban J connectivity index is 2.12. The van der Waals surface area contributed by atoms with Gasteiger partial charge in [-0.15, -0.1) is 0 Å². The lowest BCUT2D eigenvalue weighted by Crippen LogP contribution is -2.63. The van der Waals surface area contributed by atoms with Crippen molar-refractivity contribution in [1.82, 2.24) is 9.55 Å². The van der Waals surface area contributed by atoms with Gasteiger partial charge in [0.25, 0.3) is 0 Å². The second kappa shape index (κ2) is 6.84. The summed E-state index contributed by atoms with van der Waals surface area (Å²) in [6, 6.07) is 2.28. The summed E-state index contributed by atoms with van der Waals surface area (Å²) in [7, 11) is 0. The monoisotopic (exact) mass is 418 g/mol. The molecule has 3 N–H and O–H groups in total. The largest absolute Gasteiger partial charge is 0.477 e. The predicted octanol–water partition coefficient (Wildman–Crippen LogP) is 2.35. The van der Waals surface area contributed by atoms with Gasteiger partial charge in [-0.1, -0.05) is 0 Å². The first-order chi connectivity index (χ1) is 14.1. The maximum absolute atomic E-state index is 15.1. The van der Waals surface area contributed by atoms with E-state index in [0.29, 0.717) is 12.6 Å². The van der Waals surface area contributed by atoms with E-state index in [1.54, 1.807) is 11.8 Å². The molecule has 7 nitrogen and oxygen atoms in total. The smallest absolute Gasteiger partial charge is 0.341 e. The van der Waals surface area contributed by atoms with Gasteiger partial charge in [0.15, 0.2) is 17.3 Å². The Morgan fingerprint density at radius 3 is 2.57 bits per heavy atom. The van der Waals surface area contributed by atoms with Gasteiger partial charge in [-0.25, -0.2) is 22.9 Å². The molecule has 0 amide bonds. The van der Waals surface area contributed by atoms with Crippen LogP contribution in [0.5, 0.6) is 0 Å². The van der Waals surface area contributed by atoms with E-state index in [1.165, 1.54) is 6.92 Å². The van der Waals surface area contributed by atoms with Crippen LogP contribution >= 0.6 is 0 Å². The molecule has 1 saturated heterocycles. The topological polar surface area (TPSA) is 101 Å². The van der Waals surface area contributed by atoms with Gasteiger partial charge in [0.2, 0.25) is 5.43 Å². The van der Waals surface area contributed by atoms with E-state index < -0.39 is 34.4 Å². The number of aromatic carboxylic acids is 1. The molecule has 0 radical (unpaired) electrons. The molecule has 1 aliphatic rings. The maximum atomic E-state index is 15.1. The van der Waals surface area contributed by atoms with Crippen LogP contribution in [0, 0.1) is 24.4 Å². The zero-order chi connectivity index (χ0) is 21.9. The van der Waals surface area contributed by atoms with Gasteiger partial charge < -0.3 is 15.7 Å². The first-order valence-corrected chi connectivity index (χ1v) is 9.08. The van der Waals surface area contributed by atoms with Crippen LogP contribution < -0.4 is 16.1 Å². The zero-order valence-electron chi connectivity index (χ0n) is 16.0. The molecule has 0 unspecified atom stereocenters. The van der Waals surface area contributed by atoms with E-state index in [4.69, 9.17) is 5.73 Å². The Bertz CT molecular complexity index is 1270. The highest BCUT2D eigenvalue weighted by Crippen LogP contribution is 2.32. The van der Waals surface area contributed by atoms with Crippen molar-refractivity contribution < 1.29 is 23.1 Å². The van der Waals surface area contributed by atoms with Gasteiger partial charge in [0.1, 0.15) is 17.2 Å². The van der Waals surface area contributed by atoms with Gasteiger partial charge in [-0.2, -0.15) is 0 Å². The minimum Gasteiger partial charge on any atom is -0.477 e. The summed E-state index contributed by atoms with van der Waals surface area (Å²) in [6.07, 6.45) is 0.905. The molecule has 0 saturated carbocycles. The molecule has 30 heavy (non-hydrogen) atoms. The number of fused-ring (bicyclic) bond motifs is 1. The number of aryl methyl sites for hydroxylation is 1. The van der Waals surface area contributed by atoms with Crippen molar-refractivity contribution >= 4 is 22.8 Å². The third-order valence-electron chi connectivity index (χ3n) is 5.48. The molecule has 10 heteroatoms. The van der Waals surface area contributed by atoms with Crippen molar-refractivity contribution in [3.63, 3.8) is 0 Å². The first-order valence-electron chi connectivity index (χ1n) is 9.08. The molecule has 2 aromatic heterocycles. The summed E-state index contributed by atoms with van der Waals surface area (Å²) in [5.74, 6) is -4.26. The van der Waals surface area contributed by atoms with E-state index in [0.717, 1.165) is 22.9 Å². The summed E-state index contributed by atoms with van der Waals surface area (Å²) in [5, 5.41) is 9.13. The summed E-state index contributed by atoms with van der Waals surface area (Å²) in [5.41, 5.74) is 3.75. The van der Waals surface area contributed by atoms with Crippen LogP contribution in [0.3, 0.4) is 0 Å². The fourth-order valence-electron chi connectivity index (χ4n) is 3.60. The van der Waals surface area contributed by atoms with Crippen LogP contribution in [0.25, 0.3) is 16.7 Å². The van der Waals surface area contributed by atoms with Crippen molar-refractivity contribution in [1.29, 1.82) is 0 Å². The highest BCUT2D eigenvalue weighted by molar-refractivity contribution is 5.94. The highest BCUT2D eigenvalue weighted by atomic mass is 19.1. The van der Waals surface area contributed by atoms with Crippen molar-refractivity contribution in [3.05, 3.63) is 63.2 Å². The number of halogens is 3. The Morgan fingerprint density at radius 2 is 2.00 bits per heavy atom. The first kappa shape index (κ1) is 19.9. The number of nitrogens with zero attached hydrogens (tertiary/aromatic N) is 3. The summed E-state index contributed by atoms with van der Waals surface area (Å²) in [4.78, 5) is 30.2. The molecule has 1 aliphatic heterocycles. The number of hydrogen-bond donors (Lipinski definition) is 2. The molecule has 3 heterocycles. The average Bonchev–Trinajstić information content (AvgIpc) is 2.69. The molecule has 156 valence electrons. The average molecular weight is 418 g/mol. The van der Waals surface area contributed by atoms with Gasteiger partial charge in [-0.05, 0) is 26.0 Å². The fraction of sp³-hybridized carbons (Fsp3) is 0.250. The predicted molar refractivity (Wildman–Crippen MR) is 104 cm³/mol. The SMILES string of the molecule is Cc1c(F)c(N2C[C@H](N)[C@H]2C)nc2c1c(=O)c(C(=O)O)cn2-c1ccc(F)cc1F. The third-order valence-corrected chi connectivity index (χ3v) is 5.48. The number of aromatic nitrogens is 2. The molecular weight excluding hydrogens is 401 g/mol. The van der Waals surface area contributed by atoms with Crippen molar-refractivity contribution in [2.24, 2.45) is 5.73 Å². The number of rotatable bonds is 3. The molecule has 4 rings (SSSR count). The summed E-state index contributed by atoms with van der Waals surface area (Å²) < 4.78 is 44.0. The van der Waals surface area contributed by atoms with Crippen LogP contribution in [0.1, 0.15) is 22.8 Å². The van der Waals surface area contributed by atoms with Crippen molar-refractivity contribution in [3.8, 4) is 5.69 Å². The normalized spacial score (nSPS) is 18.5. The van der Waals surface area contributed by atoms with Gasteiger partial charge in [-0.3, -0.25) is 9.36 Å². The van der Waals surface area contributed by atoms with E-state index in [-0.39, 0.29) is 40.2 Å². The minimum atomic E-state index is -1.57. The van der Waals surface area contributed by atoms with Gasteiger partial charge in [0.05, 0.1) is 11.1 Å². The van der Waals surface area contributed by atoms with Crippen LogP contribution in [0.4, 0.5) is 19.0 Å². The molecule has 0 bridgehead atoms. The number of pyridine rings is 2. The van der Waals surface area contributed by atoms with E-state index in [1.807, 2.05) is 0 Å². The maximum Gasteiger partial charge on any atom is 0.341 e. The number of benzene rings is 1. The molecular formula is C20H17F3N4O3. The third kappa shape index (κ3) is 2.83. The van der Waals surface area contributed by atoms with Gasteiger partial charge in [0, 0.05) is 36.5 Å². The number of anilines is 1. The molecule has 1 aromatic carbocycles. The standard InChI is InChI=1S/C20H17F3N4O3/c1-8-15-17(28)11(20(29)30)6-27(14-4-3-10(21)5-12(14)22)18(15)25-19(16(8)23)26-7-13(24)9(26)2/h3-6,9,13H,7,24H2,1-2H3,(H,29,30)/t9-,13+/m1/s1. The Hall–Kier alpha value is -3.40. The second-order valence-electron chi connectivity index (χ2n) is 7.27. The number of carbonyl (C=O) groups is 1. The Labute approximate surface area is 168 Å². The fourth-order valence-corrected chi connectivity index (χ4v) is 3.60. The van der Waals surface area contributed by atoms with E-state index in [9.17, 15) is 23.5 Å². The van der Waals surface area contributed by atoms with Gasteiger partial charge >= 0.3 is 5.97 Å². The molecule has 2 atom stereocenters. The molecule has 0 aliphatic carbocycles. The molecule has 1 fully saturated rings. The quantitative estimate of drug-likeness (QED) is 0.677. The number of hydrogen-bond acceptors (Lipinski definition) is 5. The van der Waals surface area contributed by atoms with Crippen molar-refractivity contribution in [2.45, 2.75) is 25.9 Å². The van der Waals surface area contributed by atoms with Crippen molar-refractivity contribution in [2.75, 3.05) is 11.4 Å². The Kier molecular flexibility index (Phi) is 4.53. The number of carboxylic acid groups (broad SMARTS) is 1. The number of carboxylic acids is 1. The van der Waals surface area contributed by atoms with Crippen LogP contribution in [0.2, 0.25) is 0 Å². The lowest BCUT2D eigenvalue weighted by Gasteiger charge is -2.45. The lowest BCUT2D eigenvalue weighted by molar-refractivity contribution is 0.0695. The summed E-state index contributed by atoms with van der Waals surface area (Å²) in [6.45, 7) is 3.44. The minimum absolute atomic E-state index is 0.0760. The van der Waals surface area contributed by atoms with E-state index in [2.05, 4.69) is 4.98 Å². The highest BCUT2D eigenvalue weighted by Gasteiger charge is 2.36. The molecule has 0 spiro atoms. The number of nitrogens with two attached hydrogens (primary N) is 1. The van der Waals surface area contributed by atoms with Crippen LogP contribution in [-0.2, 0) is 0 Å². The van der Waals surface area contributed by atoms with Crippen LogP contribution in [0.15, 0.2) is 29.2 Å². The second-order valence-corrected chi connectivity index (χ2v) is 7.27. The zero-order valence-corrected chi connectivity index (χ0v) is 16.0. The van der Waals surface area contributed by atoms with Crippen LogP contribution in [-0.4, -0.2) is 39.3 Å². The lowest BCUT2D eigenvalue weighted by atomic mass is 9.98. The molecule has 3 aromatic rings. The summed E-state index contributed by atoms with van der Waals surface area (Å²) >= 11 is 0. The Morgan fingerprint density at radius 1 is 1.30 bits per heavy atom.